The molecule has 0 bridgehead atoms. The zero-order chi connectivity index (χ0) is 13.0. The van der Waals surface area contributed by atoms with E-state index in [9.17, 15) is 4.79 Å². The van der Waals surface area contributed by atoms with Crippen molar-refractivity contribution in [3.63, 3.8) is 0 Å². The highest BCUT2D eigenvalue weighted by Crippen LogP contribution is 2.28. The molecule has 18 heavy (non-hydrogen) atoms. The molecule has 1 aromatic rings. The van der Waals surface area contributed by atoms with Gasteiger partial charge in [-0.2, -0.15) is 0 Å². The maximum Gasteiger partial charge on any atom is 0.251 e. The normalized spacial score (nSPS) is 18.3. The largest absolute Gasteiger partial charge is 0.384 e. The summed E-state index contributed by atoms with van der Waals surface area (Å²) in [7, 11) is 0. The summed E-state index contributed by atoms with van der Waals surface area (Å²) < 4.78 is 5.33. The second-order valence-electron chi connectivity index (χ2n) is 5.08. The van der Waals surface area contributed by atoms with Crippen LogP contribution in [-0.4, -0.2) is 30.6 Å². The summed E-state index contributed by atoms with van der Waals surface area (Å²) in [5.74, 6) is 0.261. The number of anilines is 1. The fourth-order valence-corrected chi connectivity index (χ4v) is 2.03. The van der Waals surface area contributed by atoms with E-state index in [0.29, 0.717) is 17.9 Å². The number of pyridine rings is 1. The van der Waals surface area contributed by atoms with Gasteiger partial charge in [0, 0.05) is 31.5 Å². The summed E-state index contributed by atoms with van der Waals surface area (Å²) in [6.07, 6.45) is 3.50. The Hall–Kier alpha value is -1.62. The minimum absolute atomic E-state index is 0.100. The highest BCUT2D eigenvalue weighted by atomic mass is 16.5. The third-order valence-electron chi connectivity index (χ3n) is 3.42. The number of nitrogens with zero attached hydrogens (tertiary/aromatic N) is 1. The monoisotopic (exact) mass is 249 g/mol. The van der Waals surface area contributed by atoms with Gasteiger partial charge < -0.3 is 15.8 Å². The first-order valence-electron chi connectivity index (χ1n) is 6.17. The maximum atomic E-state index is 12.0. The van der Waals surface area contributed by atoms with Crippen LogP contribution in [0.25, 0.3) is 0 Å². The van der Waals surface area contributed by atoms with Gasteiger partial charge in [0.05, 0.1) is 0 Å². The number of hydrogen-bond acceptors (Lipinski definition) is 4. The predicted octanol–water partition coefficient (Wildman–Crippen LogP) is 1.21. The van der Waals surface area contributed by atoms with Gasteiger partial charge in [0.25, 0.3) is 5.91 Å². The van der Waals surface area contributed by atoms with E-state index in [1.165, 1.54) is 0 Å². The third kappa shape index (κ3) is 3.20. The minimum Gasteiger partial charge on any atom is -0.384 e. The van der Waals surface area contributed by atoms with E-state index in [1.54, 1.807) is 18.3 Å². The summed E-state index contributed by atoms with van der Waals surface area (Å²) in [6, 6.07) is 3.25. The molecule has 1 fully saturated rings. The number of carbonyl (C=O) groups excluding carboxylic acids is 1. The van der Waals surface area contributed by atoms with Crippen LogP contribution in [0.2, 0.25) is 0 Å². The molecule has 0 saturated carbocycles. The number of amides is 1. The molecule has 0 aliphatic carbocycles. The lowest BCUT2D eigenvalue weighted by atomic mass is 9.82. The summed E-state index contributed by atoms with van der Waals surface area (Å²) in [4.78, 5) is 15.8. The van der Waals surface area contributed by atoms with Crippen LogP contribution >= 0.6 is 0 Å². The van der Waals surface area contributed by atoms with Crippen LogP contribution in [0.4, 0.5) is 5.82 Å². The van der Waals surface area contributed by atoms with Crippen molar-refractivity contribution in [2.45, 2.75) is 19.8 Å². The maximum absolute atomic E-state index is 12.0. The predicted molar refractivity (Wildman–Crippen MR) is 69.1 cm³/mol. The van der Waals surface area contributed by atoms with Crippen LogP contribution in [0.5, 0.6) is 0 Å². The van der Waals surface area contributed by atoms with E-state index < -0.39 is 0 Å². The van der Waals surface area contributed by atoms with Gasteiger partial charge in [-0.1, -0.05) is 6.92 Å². The summed E-state index contributed by atoms with van der Waals surface area (Å²) >= 11 is 0. The molecule has 1 aromatic heterocycles. The van der Waals surface area contributed by atoms with E-state index in [-0.39, 0.29) is 11.3 Å². The first-order chi connectivity index (χ1) is 8.59. The molecule has 2 rings (SSSR count). The van der Waals surface area contributed by atoms with Crippen LogP contribution < -0.4 is 11.1 Å². The molecule has 5 nitrogen and oxygen atoms in total. The van der Waals surface area contributed by atoms with Crippen molar-refractivity contribution in [1.29, 1.82) is 0 Å². The van der Waals surface area contributed by atoms with E-state index in [0.717, 1.165) is 26.1 Å². The molecule has 0 aromatic carbocycles. The van der Waals surface area contributed by atoms with Crippen LogP contribution in [0, 0.1) is 5.41 Å². The number of nitrogen functional groups attached to an aromatic ring is 1. The van der Waals surface area contributed by atoms with Gasteiger partial charge in [-0.15, -0.1) is 0 Å². The number of rotatable bonds is 3. The Morgan fingerprint density at radius 3 is 2.94 bits per heavy atom. The van der Waals surface area contributed by atoms with Gasteiger partial charge in [0.2, 0.25) is 0 Å². The van der Waals surface area contributed by atoms with Crippen LogP contribution in [0.1, 0.15) is 30.1 Å². The minimum atomic E-state index is -0.100. The lowest BCUT2D eigenvalue weighted by Gasteiger charge is -2.33. The third-order valence-corrected chi connectivity index (χ3v) is 3.42. The molecule has 98 valence electrons. The Labute approximate surface area is 107 Å². The molecule has 0 radical (unpaired) electrons. The number of carbonyl (C=O) groups is 1. The summed E-state index contributed by atoms with van der Waals surface area (Å²) in [5.41, 5.74) is 6.24. The van der Waals surface area contributed by atoms with Crippen LogP contribution in [0.3, 0.4) is 0 Å². The molecular formula is C13H19N3O2. The fraction of sp³-hybridized carbons (Fsp3) is 0.538. The molecule has 0 unspecified atom stereocenters. The zero-order valence-electron chi connectivity index (χ0n) is 10.6. The zero-order valence-corrected chi connectivity index (χ0v) is 10.6. The number of aromatic nitrogens is 1. The Bertz CT molecular complexity index is 428. The molecule has 1 saturated heterocycles. The summed E-state index contributed by atoms with van der Waals surface area (Å²) in [5, 5.41) is 2.96. The molecular weight excluding hydrogens is 230 g/mol. The Balaban J connectivity index is 1.92. The summed E-state index contributed by atoms with van der Waals surface area (Å²) in [6.45, 7) is 4.39. The van der Waals surface area contributed by atoms with Gasteiger partial charge in [-0.05, 0) is 30.4 Å². The van der Waals surface area contributed by atoms with Crippen molar-refractivity contribution in [2.24, 2.45) is 5.41 Å². The number of nitrogens with two attached hydrogens (primary N) is 1. The van der Waals surface area contributed by atoms with Crippen molar-refractivity contribution < 1.29 is 9.53 Å². The highest BCUT2D eigenvalue weighted by molar-refractivity contribution is 5.94. The molecule has 1 aliphatic heterocycles. The van der Waals surface area contributed by atoms with Crippen molar-refractivity contribution >= 4 is 11.7 Å². The van der Waals surface area contributed by atoms with E-state index in [1.807, 2.05) is 0 Å². The van der Waals surface area contributed by atoms with Gasteiger partial charge in [-0.25, -0.2) is 4.98 Å². The first kappa shape index (κ1) is 12.8. The number of nitrogens with one attached hydrogen (secondary N) is 1. The number of ether oxygens (including phenoxy) is 1. The van der Waals surface area contributed by atoms with Crippen molar-refractivity contribution in [1.82, 2.24) is 10.3 Å². The van der Waals surface area contributed by atoms with Crippen molar-refractivity contribution in [3.05, 3.63) is 23.9 Å². The lowest BCUT2D eigenvalue weighted by Crippen LogP contribution is -2.39. The van der Waals surface area contributed by atoms with E-state index in [2.05, 4.69) is 17.2 Å². The second-order valence-corrected chi connectivity index (χ2v) is 5.08. The molecule has 5 heteroatoms. The Morgan fingerprint density at radius 1 is 1.56 bits per heavy atom. The second kappa shape index (κ2) is 5.35. The highest BCUT2D eigenvalue weighted by Gasteiger charge is 2.27. The average Bonchev–Trinajstić information content (AvgIpc) is 2.37. The smallest absolute Gasteiger partial charge is 0.251 e. The van der Waals surface area contributed by atoms with Gasteiger partial charge in [0.1, 0.15) is 5.82 Å². The fourth-order valence-electron chi connectivity index (χ4n) is 2.03. The molecule has 1 aliphatic rings. The quantitative estimate of drug-likeness (QED) is 0.844. The standard InChI is InChI=1S/C13H19N3O2/c1-13(3-6-18-7-4-13)9-16-12(17)10-2-5-15-11(14)8-10/h2,5,8H,3-4,6-7,9H2,1H3,(H2,14,15)(H,16,17). The number of hydrogen-bond donors (Lipinski definition) is 2. The van der Waals surface area contributed by atoms with E-state index in [4.69, 9.17) is 10.5 Å². The molecule has 2 heterocycles. The molecule has 3 N–H and O–H groups in total. The van der Waals surface area contributed by atoms with Crippen molar-refractivity contribution in [2.75, 3.05) is 25.5 Å². The first-order valence-corrected chi connectivity index (χ1v) is 6.17. The van der Waals surface area contributed by atoms with Crippen LogP contribution in [-0.2, 0) is 4.74 Å². The van der Waals surface area contributed by atoms with Gasteiger partial charge in [-0.3, -0.25) is 4.79 Å². The van der Waals surface area contributed by atoms with Gasteiger partial charge in [0.15, 0.2) is 0 Å². The molecule has 0 atom stereocenters. The van der Waals surface area contributed by atoms with Crippen molar-refractivity contribution in [3.8, 4) is 0 Å². The molecule has 1 amide bonds. The van der Waals surface area contributed by atoms with Crippen LogP contribution in [0.15, 0.2) is 18.3 Å². The van der Waals surface area contributed by atoms with Gasteiger partial charge >= 0.3 is 0 Å². The lowest BCUT2D eigenvalue weighted by molar-refractivity contribution is 0.0238. The van der Waals surface area contributed by atoms with E-state index >= 15 is 0 Å². The Kier molecular flexibility index (Phi) is 3.81. The Morgan fingerprint density at radius 2 is 2.28 bits per heavy atom. The average molecular weight is 249 g/mol. The SMILES string of the molecule is CC1(CNC(=O)c2ccnc(N)c2)CCOCC1. The topological polar surface area (TPSA) is 77.2 Å². The molecule has 0 spiro atoms.